The van der Waals surface area contributed by atoms with Gasteiger partial charge in [0.15, 0.2) is 11.5 Å². The third kappa shape index (κ3) is 5.30. The zero-order chi connectivity index (χ0) is 25.1. The highest BCUT2D eigenvalue weighted by molar-refractivity contribution is 6.31. The molecule has 0 unspecified atom stereocenters. The van der Waals surface area contributed by atoms with Gasteiger partial charge in [-0.15, -0.1) is 0 Å². The molecule has 1 aliphatic heterocycles. The minimum Gasteiger partial charge on any atom is -0.497 e. The van der Waals surface area contributed by atoms with Crippen molar-refractivity contribution < 1.29 is 14.2 Å². The largest absolute Gasteiger partial charge is 0.497 e. The molecule has 2 atom stereocenters. The molecular weight excluding hydrogens is 474 g/mol. The summed E-state index contributed by atoms with van der Waals surface area (Å²) in [5.74, 6) is 4.29. The summed E-state index contributed by atoms with van der Waals surface area (Å²) in [5, 5.41) is 0.719. The Morgan fingerprint density at radius 1 is 0.917 bits per heavy atom. The zero-order valence-corrected chi connectivity index (χ0v) is 21.7. The molecule has 2 heterocycles. The number of ether oxygens (including phenoxy) is 3. The number of nitrogens with zero attached hydrogens (tertiary/aromatic N) is 2. The number of rotatable bonds is 9. The molecule has 1 fully saturated rings. The van der Waals surface area contributed by atoms with E-state index in [2.05, 4.69) is 46.3 Å². The topological polar surface area (TPSA) is 59.6 Å². The lowest BCUT2D eigenvalue weighted by atomic mass is 9.86. The second-order valence-electron chi connectivity index (χ2n) is 9.39. The van der Waals surface area contributed by atoms with Gasteiger partial charge < -0.3 is 24.1 Å². The van der Waals surface area contributed by atoms with E-state index in [0.29, 0.717) is 11.8 Å². The summed E-state index contributed by atoms with van der Waals surface area (Å²) in [5.41, 5.74) is 4.53. The number of hydrogen-bond donors (Lipinski definition) is 1. The maximum atomic E-state index is 6.19. The average Bonchev–Trinajstić information content (AvgIpc) is 3.50. The van der Waals surface area contributed by atoms with Crippen molar-refractivity contribution in [1.29, 1.82) is 0 Å². The van der Waals surface area contributed by atoms with Gasteiger partial charge in [0, 0.05) is 37.0 Å². The number of fused-ring (bicyclic) bond motifs is 1. The number of nitrogens with one attached hydrogen (secondary N) is 1. The SMILES string of the molecule is COc1ccc([C@H]2CN(CCc3ccc(OC)c(OC)c3)C[C@@H]2Cc2nc3ccc(Cl)cc3[nH]2)cc1. The normalized spacial score (nSPS) is 18.0. The lowest BCUT2D eigenvalue weighted by Gasteiger charge is -2.18. The highest BCUT2D eigenvalue weighted by Crippen LogP contribution is 2.36. The smallest absolute Gasteiger partial charge is 0.160 e. The van der Waals surface area contributed by atoms with E-state index in [0.717, 1.165) is 71.6 Å². The maximum Gasteiger partial charge on any atom is 0.160 e. The van der Waals surface area contributed by atoms with E-state index in [1.54, 1.807) is 21.3 Å². The van der Waals surface area contributed by atoms with Crippen LogP contribution < -0.4 is 14.2 Å². The van der Waals surface area contributed by atoms with Gasteiger partial charge in [-0.05, 0) is 65.9 Å². The Balaban J connectivity index is 1.33. The Morgan fingerprint density at radius 3 is 2.47 bits per heavy atom. The van der Waals surface area contributed by atoms with Crippen LogP contribution in [0.5, 0.6) is 17.2 Å². The Labute approximate surface area is 217 Å². The first kappa shape index (κ1) is 24.5. The molecule has 7 heteroatoms. The molecule has 5 rings (SSSR count). The van der Waals surface area contributed by atoms with Crippen molar-refractivity contribution in [2.75, 3.05) is 41.0 Å². The van der Waals surface area contributed by atoms with E-state index in [-0.39, 0.29) is 0 Å². The minimum atomic E-state index is 0.415. The maximum absolute atomic E-state index is 6.19. The van der Waals surface area contributed by atoms with Crippen molar-refractivity contribution in [3.63, 3.8) is 0 Å². The molecule has 0 radical (unpaired) electrons. The highest BCUT2D eigenvalue weighted by atomic mass is 35.5. The van der Waals surface area contributed by atoms with E-state index >= 15 is 0 Å². The summed E-state index contributed by atoms with van der Waals surface area (Å²) in [6.07, 6.45) is 1.83. The molecule has 36 heavy (non-hydrogen) atoms. The van der Waals surface area contributed by atoms with Crippen LogP contribution in [0.2, 0.25) is 5.02 Å². The lowest BCUT2D eigenvalue weighted by molar-refractivity contribution is 0.326. The first-order chi connectivity index (χ1) is 17.6. The molecule has 0 spiro atoms. The van der Waals surface area contributed by atoms with Gasteiger partial charge in [0.05, 0.1) is 32.4 Å². The number of hydrogen-bond acceptors (Lipinski definition) is 5. The van der Waals surface area contributed by atoms with Crippen molar-refractivity contribution >= 4 is 22.6 Å². The van der Waals surface area contributed by atoms with Gasteiger partial charge in [0.1, 0.15) is 11.6 Å². The average molecular weight is 506 g/mol. The van der Waals surface area contributed by atoms with E-state index < -0.39 is 0 Å². The monoisotopic (exact) mass is 505 g/mol. The Bertz CT molecular complexity index is 1320. The molecule has 4 aromatic rings. The van der Waals surface area contributed by atoms with Crippen LogP contribution in [-0.4, -0.2) is 55.8 Å². The standard InChI is InChI=1S/C29H32ClN3O3/c1-34-23-8-5-20(6-9-23)24-18-33(13-12-19-4-11-27(35-2)28(14-19)36-3)17-21(24)15-29-31-25-10-7-22(30)16-26(25)32-29/h4-11,14,16,21,24H,12-13,15,17-18H2,1-3H3,(H,31,32)/t21-,24+/m0/s1. The predicted molar refractivity (Wildman–Crippen MR) is 144 cm³/mol. The lowest BCUT2D eigenvalue weighted by Crippen LogP contribution is -2.24. The molecule has 6 nitrogen and oxygen atoms in total. The molecule has 1 aliphatic rings. The second kappa shape index (κ2) is 10.8. The van der Waals surface area contributed by atoms with Gasteiger partial charge in [-0.3, -0.25) is 0 Å². The fourth-order valence-electron chi connectivity index (χ4n) is 5.28. The van der Waals surface area contributed by atoms with Crippen LogP contribution in [0.3, 0.4) is 0 Å². The van der Waals surface area contributed by atoms with Gasteiger partial charge in [-0.25, -0.2) is 4.98 Å². The zero-order valence-electron chi connectivity index (χ0n) is 21.0. The Morgan fingerprint density at radius 2 is 1.72 bits per heavy atom. The quantitative estimate of drug-likeness (QED) is 0.314. The highest BCUT2D eigenvalue weighted by Gasteiger charge is 2.34. The number of benzene rings is 3. The molecule has 0 aliphatic carbocycles. The second-order valence-corrected chi connectivity index (χ2v) is 9.82. The van der Waals surface area contributed by atoms with Crippen molar-refractivity contribution in [2.45, 2.75) is 18.8 Å². The molecule has 1 N–H and O–H groups in total. The summed E-state index contributed by atoms with van der Waals surface area (Å²) in [6.45, 7) is 3.01. The number of halogens is 1. The number of aromatic amines is 1. The predicted octanol–water partition coefficient (Wildman–Crippen LogP) is 5.74. The molecule has 3 aromatic carbocycles. The summed E-state index contributed by atoms with van der Waals surface area (Å²) in [7, 11) is 5.05. The summed E-state index contributed by atoms with van der Waals surface area (Å²) in [6, 6.07) is 20.5. The number of aromatic nitrogens is 2. The van der Waals surface area contributed by atoms with Crippen LogP contribution in [0, 0.1) is 5.92 Å². The first-order valence-corrected chi connectivity index (χ1v) is 12.7. The first-order valence-electron chi connectivity index (χ1n) is 12.3. The summed E-state index contributed by atoms with van der Waals surface area (Å²) < 4.78 is 16.3. The van der Waals surface area contributed by atoms with E-state index in [4.69, 9.17) is 30.8 Å². The summed E-state index contributed by atoms with van der Waals surface area (Å²) >= 11 is 6.19. The minimum absolute atomic E-state index is 0.415. The molecule has 1 saturated heterocycles. The third-order valence-electron chi connectivity index (χ3n) is 7.17. The Hall–Kier alpha value is -3.22. The number of imidazole rings is 1. The number of H-pyrrole nitrogens is 1. The van der Waals surface area contributed by atoms with Crippen LogP contribution in [0.15, 0.2) is 60.7 Å². The van der Waals surface area contributed by atoms with Crippen LogP contribution in [0.25, 0.3) is 11.0 Å². The van der Waals surface area contributed by atoms with Crippen molar-refractivity contribution in [3.8, 4) is 17.2 Å². The van der Waals surface area contributed by atoms with Crippen molar-refractivity contribution in [1.82, 2.24) is 14.9 Å². The van der Waals surface area contributed by atoms with E-state index in [1.165, 1.54) is 11.1 Å². The molecule has 188 valence electrons. The van der Waals surface area contributed by atoms with Crippen LogP contribution in [-0.2, 0) is 12.8 Å². The third-order valence-corrected chi connectivity index (χ3v) is 7.41. The van der Waals surface area contributed by atoms with Crippen LogP contribution in [0.4, 0.5) is 0 Å². The Kier molecular flexibility index (Phi) is 7.35. The molecule has 1 aromatic heterocycles. The van der Waals surface area contributed by atoms with Gasteiger partial charge in [-0.1, -0.05) is 29.8 Å². The number of likely N-dealkylation sites (tertiary alicyclic amines) is 1. The fraction of sp³-hybridized carbons (Fsp3) is 0.345. The van der Waals surface area contributed by atoms with Crippen molar-refractivity contribution in [3.05, 3.63) is 82.6 Å². The van der Waals surface area contributed by atoms with Gasteiger partial charge in [0.25, 0.3) is 0 Å². The van der Waals surface area contributed by atoms with Gasteiger partial charge in [0.2, 0.25) is 0 Å². The van der Waals surface area contributed by atoms with E-state index in [1.807, 2.05) is 24.3 Å². The molecular formula is C29H32ClN3O3. The molecule has 0 bridgehead atoms. The van der Waals surface area contributed by atoms with Crippen molar-refractivity contribution in [2.24, 2.45) is 5.92 Å². The van der Waals surface area contributed by atoms with Crippen LogP contribution in [0.1, 0.15) is 22.9 Å². The molecule has 0 saturated carbocycles. The van der Waals surface area contributed by atoms with Gasteiger partial charge in [-0.2, -0.15) is 0 Å². The number of methoxy groups -OCH3 is 3. The fourth-order valence-corrected chi connectivity index (χ4v) is 5.45. The van der Waals surface area contributed by atoms with Gasteiger partial charge >= 0.3 is 0 Å². The van der Waals surface area contributed by atoms with E-state index in [9.17, 15) is 0 Å². The van der Waals surface area contributed by atoms with Crippen LogP contribution >= 0.6 is 11.6 Å². The molecule has 0 amide bonds. The summed E-state index contributed by atoms with van der Waals surface area (Å²) in [4.78, 5) is 10.9.